The van der Waals surface area contributed by atoms with Crippen molar-refractivity contribution in [3.8, 4) is 11.5 Å². The molecule has 0 bridgehead atoms. The van der Waals surface area contributed by atoms with Gasteiger partial charge in [0.25, 0.3) is 0 Å². The van der Waals surface area contributed by atoms with Crippen LogP contribution in [0.15, 0.2) is 30.6 Å². The summed E-state index contributed by atoms with van der Waals surface area (Å²) in [5, 5.41) is 10.7. The molecule has 8 nitrogen and oxygen atoms in total. The highest BCUT2D eigenvalue weighted by molar-refractivity contribution is 5.90. The van der Waals surface area contributed by atoms with Crippen LogP contribution in [0.25, 0.3) is 0 Å². The molecular formula is C14H15N5O3. The number of urea groups is 1. The molecule has 2 aliphatic heterocycles. The molecule has 3 heterocycles. The molecule has 0 saturated carbocycles. The number of carbonyl (C=O) groups excluding carboxylic acids is 1. The van der Waals surface area contributed by atoms with E-state index in [0.717, 1.165) is 6.42 Å². The lowest BCUT2D eigenvalue weighted by Gasteiger charge is -2.17. The standard InChI is InChI=1S/C14H15N5O3/c20-14(16-10-1-2-12-13(7-10)22-9-21-12)18-5-3-11(8-18)19-6-4-15-17-19/h1-2,4,6-7,11H,3,5,8-9H2,(H,16,20)/t11-/m0/s1. The van der Waals surface area contributed by atoms with E-state index in [4.69, 9.17) is 9.47 Å². The van der Waals surface area contributed by atoms with Gasteiger partial charge in [0.1, 0.15) is 0 Å². The summed E-state index contributed by atoms with van der Waals surface area (Å²) in [7, 11) is 0. The van der Waals surface area contributed by atoms with Gasteiger partial charge in [0.2, 0.25) is 6.79 Å². The van der Waals surface area contributed by atoms with Gasteiger partial charge in [0.15, 0.2) is 11.5 Å². The number of benzene rings is 1. The number of anilines is 1. The van der Waals surface area contributed by atoms with Crippen molar-refractivity contribution in [2.75, 3.05) is 25.2 Å². The highest BCUT2D eigenvalue weighted by atomic mass is 16.7. The van der Waals surface area contributed by atoms with Crippen molar-refractivity contribution in [2.24, 2.45) is 0 Å². The first-order valence-corrected chi connectivity index (χ1v) is 7.11. The molecule has 114 valence electrons. The number of rotatable bonds is 2. The quantitative estimate of drug-likeness (QED) is 0.908. The fraction of sp³-hybridized carbons (Fsp3) is 0.357. The lowest BCUT2D eigenvalue weighted by molar-refractivity contribution is 0.174. The number of nitrogens with one attached hydrogen (secondary N) is 1. The van der Waals surface area contributed by atoms with E-state index in [-0.39, 0.29) is 18.9 Å². The predicted molar refractivity (Wildman–Crippen MR) is 76.8 cm³/mol. The molecule has 8 heteroatoms. The van der Waals surface area contributed by atoms with Crippen molar-refractivity contribution in [3.63, 3.8) is 0 Å². The number of aromatic nitrogens is 3. The van der Waals surface area contributed by atoms with Gasteiger partial charge in [0, 0.05) is 31.0 Å². The zero-order chi connectivity index (χ0) is 14.9. The molecule has 1 N–H and O–H groups in total. The van der Waals surface area contributed by atoms with Crippen molar-refractivity contribution in [3.05, 3.63) is 30.6 Å². The van der Waals surface area contributed by atoms with Crippen LogP contribution in [-0.2, 0) is 0 Å². The Morgan fingerprint density at radius 3 is 3.09 bits per heavy atom. The van der Waals surface area contributed by atoms with Gasteiger partial charge in [-0.25, -0.2) is 9.48 Å². The summed E-state index contributed by atoms with van der Waals surface area (Å²) in [5.74, 6) is 1.35. The van der Waals surface area contributed by atoms with Gasteiger partial charge >= 0.3 is 6.03 Å². The Morgan fingerprint density at radius 2 is 2.23 bits per heavy atom. The Hall–Kier alpha value is -2.77. The Morgan fingerprint density at radius 1 is 1.32 bits per heavy atom. The first-order chi connectivity index (χ1) is 10.8. The van der Waals surface area contributed by atoms with E-state index in [9.17, 15) is 4.79 Å². The second kappa shape index (κ2) is 5.21. The third-order valence-electron chi connectivity index (χ3n) is 3.89. The second-order valence-electron chi connectivity index (χ2n) is 5.27. The number of likely N-dealkylation sites (tertiary alicyclic amines) is 1. The normalized spacial score (nSPS) is 19.5. The van der Waals surface area contributed by atoms with Crippen molar-refractivity contribution >= 4 is 11.7 Å². The molecule has 0 unspecified atom stereocenters. The Balaban J connectivity index is 1.40. The van der Waals surface area contributed by atoms with Crippen LogP contribution in [-0.4, -0.2) is 45.8 Å². The number of nitrogens with zero attached hydrogens (tertiary/aromatic N) is 4. The van der Waals surface area contributed by atoms with Crippen molar-refractivity contribution in [1.82, 2.24) is 19.9 Å². The van der Waals surface area contributed by atoms with Gasteiger partial charge in [-0.15, -0.1) is 5.10 Å². The maximum absolute atomic E-state index is 12.3. The van der Waals surface area contributed by atoms with Gasteiger partial charge in [-0.1, -0.05) is 5.21 Å². The average Bonchev–Trinajstić information content (AvgIpc) is 3.26. The fourth-order valence-corrected chi connectivity index (χ4v) is 2.73. The van der Waals surface area contributed by atoms with Crippen LogP contribution in [0.3, 0.4) is 0 Å². The van der Waals surface area contributed by atoms with Crippen molar-refractivity contribution < 1.29 is 14.3 Å². The Labute approximate surface area is 126 Å². The fourth-order valence-electron chi connectivity index (χ4n) is 2.73. The third-order valence-corrected chi connectivity index (χ3v) is 3.89. The number of hydrogen-bond acceptors (Lipinski definition) is 5. The molecule has 1 aromatic carbocycles. The minimum Gasteiger partial charge on any atom is -0.454 e. The molecule has 1 atom stereocenters. The van der Waals surface area contributed by atoms with E-state index in [0.29, 0.717) is 30.3 Å². The Bertz CT molecular complexity index is 688. The third kappa shape index (κ3) is 2.32. The van der Waals surface area contributed by atoms with Gasteiger partial charge in [-0.2, -0.15) is 0 Å². The smallest absolute Gasteiger partial charge is 0.321 e. The molecule has 1 fully saturated rings. The summed E-state index contributed by atoms with van der Waals surface area (Å²) >= 11 is 0. The van der Waals surface area contributed by atoms with E-state index < -0.39 is 0 Å². The van der Waals surface area contributed by atoms with E-state index in [1.807, 2.05) is 6.20 Å². The molecule has 1 saturated heterocycles. The Kier molecular flexibility index (Phi) is 3.06. The van der Waals surface area contributed by atoms with Gasteiger partial charge in [-0.3, -0.25) is 0 Å². The van der Waals surface area contributed by atoms with E-state index in [2.05, 4.69) is 15.6 Å². The first-order valence-electron chi connectivity index (χ1n) is 7.11. The van der Waals surface area contributed by atoms with E-state index >= 15 is 0 Å². The second-order valence-corrected chi connectivity index (χ2v) is 5.27. The van der Waals surface area contributed by atoms with E-state index in [1.54, 1.807) is 34.0 Å². The minimum absolute atomic E-state index is 0.124. The monoisotopic (exact) mass is 301 g/mol. The summed E-state index contributed by atoms with van der Waals surface area (Å²) in [6.45, 7) is 1.54. The maximum atomic E-state index is 12.3. The molecule has 2 aromatic rings. The van der Waals surface area contributed by atoms with E-state index in [1.165, 1.54) is 0 Å². The summed E-state index contributed by atoms with van der Waals surface area (Å²) in [4.78, 5) is 14.1. The van der Waals surface area contributed by atoms with Gasteiger partial charge < -0.3 is 19.7 Å². The summed E-state index contributed by atoms with van der Waals surface area (Å²) in [5.41, 5.74) is 0.693. The average molecular weight is 301 g/mol. The molecule has 2 amide bonds. The van der Waals surface area contributed by atoms with Crippen LogP contribution in [0.1, 0.15) is 12.5 Å². The SMILES string of the molecule is O=C(Nc1ccc2c(c1)OCO2)N1CC[C@H](n2ccnn2)C1. The highest BCUT2D eigenvalue weighted by Crippen LogP contribution is 2.34. The molecule has 1 aromatic heterocycles. The van der Waals surface area contributed by atoms with Crippen LogP contribution >= 0.6 is 0 Å². The number of fused-ring (bicyclic) bond motifs is 1. The van der Waals surface area contributed by atoms with Crippen LogP contribution in [0.5, 0.6) is 11.5 Å². The zero-order valence-electron chi connectivity index (χ0n) is 11.8. The van der Waals surface area contributed by atoms with Crippen molar-refractivity contribution in [1.29, 1.82) is 0 Å². The molecule has 4 rings (SSSR count). The molecule has 2 aliphatic rings. The number of carbonyl (C=O) groups is 1. The topological polar surface area (TPSA) is 81.5 Å². The molecule has 0 radical (unpaired) electrons. The first kappa shape index (κ1) is 12.9. The molecule has 22 heavy (non-hydrogen) atoms. The minimum atomic E-state index is -0.124. The van der Waals surface area contributed by atoms with Crippen LogP contribution in [0.2, 0.25) is 0 Å². The number of amides is 2. The number of hydrogen-bond donors (Lipinski definition) is 1. The largest absolute Gasteiger partial charge is 0.454 e. The van der Waals surface area contributed by atoms with Crippen LogP contribution < -0.4 is 14.8 Å². The maximum Gasteiger partial charge on any atom is 0.321 e. The summed E-state index contributed by atoms with van der Waals surface area (Å²) in [6.07, 6.45) is 4.34. The zero-order valence-corrected chi connectivity index (χ0v) is 11.8. The van der Waals surface area contributed by atoms with Crippen LogP contribution in [0, 0.1) is 0 Å². The summed E-state index contributed by atoms with van der Waals surface area (Å²) < 4.78 is 12.4. The van der Waals surface area contributed by atoms with Gasteiger partial charge in [0.05, 0.1) is 12.2 Å². The molecule has 0 aliphatic carbocycles. The lowest BCUT2D eigenvalue weighted by Crippen LogP contribution is -2.33. The lowest BCUT2D eigenvalue weighted by atomic mass is 10.3. The van der Waals surface area contributed by atoms with Gasteiger partial charge in [-0.05, 0) is 18.6 Å². The molecular weight excluding hydrogens is 286 g/mol. The van der Waals surface area contributed by atoms with Crippen molar-refractivity contribution in [2.45, 2.75) is 12.5 Å². The molecule has 0 spiro atoms. The van der Waals surface area contributed by atoms with Crippen LogP contribution in [0.4, 0.5) is 10.5 Å². The number of ether oxygens (including phenoxy) is 2. The predicted octanol–water partition coefficient (Wildman–Crippen LogP) is 1.49. The highest BCUT2D eigenvalue weighted by Gasteiger charge is 2.28. The summed E-state index contributed by atoms with van der Waals surface area (Å²) in [6, 6.07) is 5.42.